The molecule has 0 N–H and O–H groups in total. The standard InChI is InChI=1S/C29H31ClN4O2/c1-36-24-13-11-23(12-14-24)28-19-27(25-9-5-6-10-26(25)30)31-34(28)29(35)21-33-17-15-32(16-18-33)20-22-7-3-2-4-8-22/h2-14,28H,15-21H2,1H3/t28-/m0/s1. The van der Waals surface area contributed by atoms with Crippen molar-refractivity contribution >= 4 is 23.2 Å². The van der Waals surface area contributed by atoms with E-state index in [0.717, 1.165) is 55.3 Å². The zero-order chi connectivity index (χ0) is 24.9. The predicted molar refractivity (Wildman–Crippen MR) is 143 cm³/mol. The number of halogens is 1. The molecule has 0 unspecified atom stereocenters. The fourth-order valence-corrected chi connectivity index (χ4v) is 5.14. The van der Waals surface area contributed by atoms with Gasteiger partial charge in [0.1, 0.15) is 5.75 Å². The molecule has 2 aliphatic heterocycles. The fourth-order valence-electron chi connectivity index (χ4n) is 4.89. The summed E-state index contributed by atoms with van der Waals surface area (Å²) in [7, 11) is 1.65. The Morgan fingerprint density at radius 2 is 1.58 bits per heavy atom. The Kier molecular flexibility index (Phi) is 7.66. The van der Waals surface area contributed by atoms with Gasteiger partial charge < -0.3 is 4.74 Å². The normalized spacial score (nSPS) is 18.8. The minimum Gasteiger partial charge on any atom is -0.497 e. The van der Waals surface area contributed by atoms with Crippen molar-refractivity contribution in [1.29, 1.82) is 0 Å². The van der Waals surface area contributed by atoms with E-state index in [4.69, 9.17) is 21.4 Å². The van der Waals surface area contributed by atoms with E-state index in [1.54, 1.807) is 12.1 Å². The van der Waals surface area contributed by atoms with Gasteiger partial charge in [-0.05, 0) is 29.3 Å². The zero-order valence-corrected chi connectivity index (χ0v) is 21.3. The molecular formula is C29H31ClN4O2. The lowest BCUT2D eigenvalue weighted by atomic mass is 9.98. The van der Waals surface area contributed by atoms with Crippen LogP contribution in [0.15, 0.2) is 84.0 Å². The number of carbonyl (C=O) groups excluding carboxylic acids is 1. The number of ether oxygens (including phenoxy) is 1. The van der Waals surface area contributed by atoms with Gasteiger partial charge in [-0.3, -0.25) is 14.6 Å². The Bertz CT molecular complexity index is 1210. The fraction of sp³-hybridized carbons (Fsp3) is 0.310. The molecule has 0 saturated carbocycles. The van der Waals surface area contributed by atoms with E-state index < -0.39 is 0 Å². The molecule has 0 spiro atoms. The number of rotatable bonds is 7. The summed E-state index contributed by atoms with van der Waals surface area (Å²) in [5.41, 5.74) is 4.07. The van der Waals surface area contributed by atoms with Crippen LogP contribution in [0.2, 0.25) is 5.02 Å². The summed E-state index contributed by atoms with van der Waals surface area (Å²) in [6.07, 6.45) is 0.618. The number of hydrogen-bond acceptors (Lipinski definition) is 5. The summed E-state index contributed by atoms with van der Waals surface area (Å²) < 4.78 is 5.32. The summed E-state index contributed by atoms with van der Waals surface area (Å²) in [5, 5.41) is 7.11. The van der Waals surface area contributed by atoms with E-state index in [-0.39, 0.29) is 11.9 Å². The number of carbonyl (C=O) groups is 1. The number of piperazine rings is 1. The first-order chi connectivity index (χ1) is 17.6. The molecule has 2 heterocycles. The van der Waals surface area contributed by atoms with Crippen LogP contribution in [0.25, 0.3) is 0 Å². The van der Waals surface area contributed by atoms with Crippen molar-refractivity contribution < 1.29 is 9.53 Å². The van der Waals surface area contributed by atoms with Crippen molar-refractivity contribution in [3.05, 3.63) is 101 Å². The summed E-state index contributed by atoms with van der Waals surface area (Å²) in [6.45, 7) is 4.91. The van der Waals surface area contributed by atoms with Crippen molar-refractivity contribution in [3.8, 4) is 5.75 Å². The van der Waals surface area contributed by atoms with Crippen molar-refractivity contribution in [1.82, 2.24) is 14.8 Å². The van der Waals surface area contributed by atoms with Gasteiger partial charge in [0, 0.05) is 49.7 Å². The Balaban J connectivity index is 1.28. The molecule has 0 radical (unpaired) electrons. The maximum atomic E-state index is 13.6. The van der Waals surface area contributed by atoms with E-state index in [2.05, 4.69) is 34.1 Å². The lowest BCUT2D eigenvalue weighted by molar-refractivity contribution is -0.134. The van der Waals surface area contributed by atoms with Gasteiger partial charge in [0.05, 0.1) is 25.4 Å². The maximum Gasteiger partial charge on any atom is 0.257 e. The van der Waals surface area contributed by atoms with Crippen LogP contribution in [0.1, 0.15) is 29.2 Å². The summed E-state index contributed by atoms with van der Waals surface area (Å²) in [6, 6.07) is 25.9. The third kappa shape index (κ3) is 5.62. The monoisotopic (exact) mass is 502 g/mol. The molecule has 1 saturated heterocycles. The van der Waals surface area contributed by atoms with Crippen LogP contribution in [0.4, 0.5) is 0 Å². The molecule has 3 aromatic rings. The Hall–Kier alpha value is -3.19. The van der Waals surface area contributed by atoms with Crippen LogP contribution in [0.5, 0.6) is 5.75 Å². The highest BCUT2D eigenvalue weighted by Gasteiger charge is 2.34. The second kappa shape index (κ2) is 11.2. The quantitative estimate of drug-likeness (QED) is 0.463. The maximum absolute atomic E-state index is 13.6. The second-order valence-electron chi connectivity index (χ2n) is 9.30. The van der Waals surface area contributed by atoms with Gasteiger partial charge in [-0.1, -0.05) is 72.3 Å². The van der Waals surface area contributed by atoms with Crippen LogP contribution in [0.3, 0.4) is 0 Å². The van der Waals surface area contributed by atoms with Crippen LogP contribution in [-0.2, 0) is 11.3 Å². The molecule has 6 nitrogen and oxygen atoms in total. The molecule has 0 aromatic heterocycles. The smallest absolute Gasteiger partial charge is 0.257 e. The van der Waals surface area contributed by atoms with Crippen molar-refractivity contribution in [2.75, 3.05) is 39.8 Å². The van der Waals surface area contributed by atoms with Crippen molar-refractivity contribution in [2.24, 2.45) is 5.10 Å². The highest BCUT2D eigenvalue weighted by Crippen LogP contribution is 2.35. The van der Waals surface area contributed by atoms with Gasteiger partial charge in [0.2, 0.25) is 0 Å². The van der Waals surface area contributed by atoms with E-state index in [9.17, 15) is 4.79 Å². The van der Waals surface area contributed by atoms with Crippen molar-refractivity contribution in [2.45, 2.75) is 19.0 Å². The van der Waals surface area contributed by atoms with Gasteiger partial charge in [0.15, 0.2) is 0 Å². The third-order valence-electron chi connectivity index (χ3n) is 6.92. The van der Waals surface area contributed by atoms with Crippen molar-refractivity contribution in [3.63, 3.8) is 0 Å². The van der Waals surface area contributed by atoms with E-state index in [1.165, 1.54) is 5.56 Å². The highest BCUT2D eigenvalue weighted by molar-refractivity contribution is 6.34. The summed E-state index contributed by atoms with van der Waals surface area (Å²) in [5.74, 6) is 0.796. The lowest BCUT2D eigenvalue weighted by Gasteiger charge is -2.35. The number of hydrazone groups is 1. The van der Waals surface area contributed by atoms with Gasteiger partial charge in [-0.15, -0.1) is 0 Å². The molecule has 186 valence electrons. The Morgan fingerprint density at radius 3 is 2.28 bits per heavy atom. The van der Waals surface area contributed by atoms with E-state index in [1.807, 2.05) is 54.6 Å². The first kappa shape index (κ1) is 24.5. The highest BCUT2D eigenvalue weighted by atomic mass is 35.5. The topological polar surface area (TPSA) is 48.4 Å². The molecule has 0 aliphatic carbocycles. The van der Waals surface area contributed by atoms with Gasteiger partial charge >= 0.3 is 0 Å². The van der Waals surface area contributed by atoms with E-state index >= 15 is 0 Å². The van der Waals surface area contributed by atoms with E-state index in [0.29, 0.717) is 18.0 Å². The number of amides is 1. The average Bonchev–Trinajstić information content (AvgIpc) is 3.36. The molecule has 1 atom stereocenters. The predicted octanol–water partition coefficient (Wildman–Crippen LogP) is 4.84. The first-order valence-corrected chi connectivity index (χ1v) is 12.8. The number of hydrogen-bond donors (Lipinski definition) is 0. The molecule has 3 aromatic carbocycles. The molecule has 1 fully saturated rings. The van der Waals surface area contributed by atoms with Crippen LogP contribution in [0, 0.1) is 0 Å². The van der Waals surface area contributed by atoms with Crippen LogP contribution >= 0.6 is 11.6 Å². The second-order valence-corrected chi connectivity index (χ2v) is 9.70. The minimum absolute atomic E-state index is 0.00869. The molecule has 0 bridgehead atoms. The van der Waals surface area contributed by atoms with Gasteiger partial charge in [0.25, 0.3) is 5.91 Å². The third-order valence-corrected chi connectivity index (χ3v) is 7.25. The molecule has 2 aliphatic rings. The van der Waals surface area contributed by atoms with Crippen LogP contribution in [-0.4, -0.2) is 66.3 Å². The zero-order valence-electron chi connectivity index (χ0n) is 20.5. The number of methoxy groups -OCH3 is 1. The van der Waals surface area contributed by atoms with Gasteiger partial charge in [-0.2, -0.15) is 5.10 Å². The Labute approximate surface area is 217 Å². The summed E-state index contributed by atoms with van der Waals surface area (Å²) in [4.78, 5) is 18.2. The summed E-state index contributed by atoms with van der Waals surface area (Å²) >= 11 is 6.48. The largest absolute Gasteiger partial charge is 0.497 e. The van der Waals surface area contributed by atoms with Crippen LogP contribution < -0.4 is 4.74 Å². The lowest BCUT2D eigenvalue weighted by Crippen LogP contribution is -2.49. The Morgan fingerprint density at radius 1 is 0.917 bits per heavy atom. The number of nitrogens with zero attached hydrogens (tertiary/aromatic N) is 4. The average molecular weight is 503 g/mol. The first-order valence-electron chi connectivity index (χ1n) is 12.4. The SMILES string of the molecule is COc1ccc([C@@H]2CC(c3ccccc3Cl)=NN2C(=O)CN2CCN(Cc3ccccc3)CC2)cc1. The molecule has 1 amide bonds. The molecule has 5 rings (SSSR count). The molecular weight excluding hydrogens is 472 g/mol. The van der Waals surface area contributed by atoms with Gasteiger partial charge in [-0.25, -0.2) is 5.01 Å². The molecule has 7 heteroatoms. The number of benzene rings is 3. The molecule has 36 heavy (non-hydrogen) atoms. The minimum atomic E-state index is -0.172.